The summed E-state index contributed by atoms with van der Waals surface area (Å²) in [5.41, 5.74) is 0.0187. The molecule has 2 aromatic carbocycles. The summed E-state index contributed by atoms with van der Waals surface area (Å²) in [6.07, 6.45) is -3.29. The summed E-state index contributed by atoms with van der Waals surface area (Å²) in [6, 6.07) is 15.1. The highest BCUT2D eigenvalue weighted by atomic mass is 32.2. The summed E-state index contributed by atoms with van der Waals surface area (Å²) in [4.78, 5) is 14.3. The number of carbonyl (C=O) groups is 1. The highest BCUT2D eigenvalue weighted by Gasteiger charge is 2.37. The van der Waals surface area contributed by atoms with Crippen LogP contribution >= 0.6 is 11.8 Å². The Bertz CT molecular complexity index is 1080. The Labute approximate surface area is 188 Å². The van der Waals surface area contributed by atoms with Gasteiger partial charge >= 0.3 is 6.18 Å². The van der Waals surface area contributed by atoms with E-state index < -0.39 is 17.6 Å². The quantitative estimate of drug-likeness (QED) is 0.495. The number of carbonyl (C=O) groups excluding carboxylic acids is 1. The van der Waals surface area contributed by atoms with Crippen LogP contribution in [0.1, 0.15) is 46.1 Å². The molecule has 0 aliphatic carbocycles. The number of alkyl halides is 3. The molecule has 32 heavy (non-hydrogen) atoms. The lowest BCUT2D eigenvalue weighted by atomic mass is 9.95. The van der Waals surface area contributed by atoms with E-state index in [-0.39, 0.29) is 11.5 Å². The lowest BCUT2D eigenvalue weighted by molar-refractivity contribution is -0.138. The first-order valence-electron chi connectivity index (χ1n) is 10.4. The van der Waals surface area contributed by atoms with Crippen LogP contribution in [0, 0.1) is 0 Å². The average Bonchev–Trinajstić information content (AvgIpc) is 3.17. The number of halogens is 3. The van der Waals surface area contributed by atoms with E-state index in [1.165, 1.54) is 28.7 Å². The zero-order chi connectivity index (χ0) is 22.7. The van der Waals surface area contributed by atoms with E-state index in [9.17, 15) is 18.0 Å². The molecule has 0 spiro atoms. The number of thioether (sulfide) groups is 1. The minimum absolute atomic E-state index is 0.112. The van der Waals surface area contributed by atoms with E-state index in [1.807, 2.05) is 29.8 Å². The van der Waals surface area contributed by atoms with Crippen LogP contribution in [0.15, 0.2) is 59.8 Å². The second-order valence-corrected chi connectivity index (χ2v) is 8.73. The van der Waals surface area contributed by atoms with Gasteiger partial charge in [-0.15, -0.1) is 10.2 Å². The Kier molecular flexibility index (Phi) is 6.55. The molecule has 1 amide bonds. The van der Waals surface area contributed by atoms with Gasteiger partial charge in [0.15, 0.2) is 5.16 Å². The van der Waals surface area contributed by atoms with Gasteiger partial charge in [0.25, 0.3) is 5.91 Å². The van der Waals surface area contributed by atoms with Gasteiger partial charge in [-0.1, -0.05) is 54.2 Å². The molecule has 1 aliphatic rings. The average molecular weight is 461 g/mol. The lowest BCUT2D eigenvalue weighted by Crippen LogP contribution is -2.39. The van der Waals surface area contributed by atoms with Crippen LogP contribution in [0.3, 0.4) is 0 Å². The fraction of sp³-hybridized carbons (Fsp3) is 0.348. The Balaban J connectivity index is 1.39. The van der Waals surface area contributed by atoms with Crippen LogP contribution in [-0.2, 0) is 19.0 Å². The summed E-state index contributed by atoms with van der Waals surface area (Å²) >= 11 is 1.61. The number of nitrogens with zero attached hydrogens (tertiary/aromatic N) is 4. The van der Waals surface area contributed by atoms with Crippen LogP contribution in [-0.4, -0.2) is 38.7 Å². The molecule has 0 N–H and O–H groups in total. The van der Waals surface area contributed by atoms with Crippen LogP contribution in [0.2, 0.25) is 0 Å². The molecule has 4 rings (SSSR count). The molecule has 0 radical (unpaired) electrons. The molecule has 0 atom stereocenters. The normalized spacial score (nSPS) is 15.2. The standard InChI is InChI=1S/C23H23F3N4OS/c1-29-20(27-28-22(29)32-15-16-7-3-2-4-8-16)17-11-13-30(14-12-17)21(31)18-9-5-6-10-19(18)23(24,25)26/h2-10,17H,11-15H2,1H3. The van der Waals surface area contributed by atoms with Gasteiger partial charge in [-0.3, -0.25) is 4.79 Å². The van der Waals surface area contributed by atoms with Crippen molar-refractivity contribution in [3.63, 3.8) is 0 Å². The van der Waals surface area contributed by atoms with Crippen LogP contribution in [0.4, 0.5) is 13.2 Å². The molecule has 0 unspecified atom stereocenters. The number of benzene rings is 2. The zero-order valence-electron chi connectivity index (χ0n) is 17.5. The van der Waals surface area contributed by atoms with Crippen LogP contribution in [0.25, 0.3) is 0 Å². The highest BCUT2D eigenvalue weighted by molar-refractivity contribution is 7.98. The second kappa shape index (κ2) is 9.36. The van der Waals surface area contributed by atoms with E-state index in [0.29, 0.717) is 25.9 Å². The molecular formula is C23H23F3N4OS. The number of amides is 1. The van der Waals surface area contributed by atoms with Gasteiger partial charge in [0.05, 0.1) is 11.1 Å². The smallest absolute Gasteiger partial charge is 0.339 e. The van der Waals surface area contributed by atoms with Crippen molar-refractivity contribution < 1.29 is 18.0 Å². The van der Waals surface area contributed by atoms with E-state index in [0.717, 1.165) is 22.8 Å². The molecule has 0 bridgehead atoms. The van der Waals surface area contributed by atoms with Gasteiger partial charge in [0.1, 0.15) is 5.82 Å². The summed E-state index contributed by atoms with van der Waals surface area (Å²) < 4.78 is 41.8. The molecular weight excluding hydrogens is 437 g/mol. The van der Waals surface area contributed by atoms with Crippen molar-refractivity contribution in [2.45, 2.75) is 35.8 Å². The van der Waals surface area contributed by atoms with Crippen molar-refractivity contribution in [3.05, 3.63) is 77.1 Å². The van der Waals surface area contributed by atoms with Gasteiger partial charge in [0, 0.05) is 31.8 Å². The summed E-state index contributed by atoms with van der Waals surface area (Å²) in [7, 11) is 1.93. The Hall–Kier alpha value is -2.81. The van der Waals surface area contributed by atoms with E-state index in [1.54, 1.807) is 11.8 Å². The van der Waals surface area contributed by atoms with Crippen molar-refractivity contribution in [1.82, 2.24) is 19.7 Å². The number of likely N-dealkylation sites (tertiary alicyclic amines) is 1. The van der Waals surface area contributed by atoms with E-state index in [4.69, 9.17) is 0 Å². The van der Waals surface area contributed by atoms with E-state index >= 15 is 0 Å². The molecule has 1 fully saturated rings. The van der Waals surface area contributed by atoms with Crippen LogP contribution < -0.4 is 0 Å². The maximum absolute atomic E-state index is 13.3. The van der Waals surface area contributed by atoms with Gasteiger partial charge < -0.3 is 9.47 Å². The maximum atomic E-state index is 13.3. The first kappa shape index (κ1) is 22.4. The molecule has 0 saturated carbocycles. The third kappa shape index (κ3) is 4.82. The first-order chi connectivity index (χ1) is 15.3. The molecule has 168 valence electrons. The topological polar surface area (TPSA) is 51.0 Å². The van der Waals surface area contributed by atoms with Crippen molar-refractivity contribution in [2.24, 2.45) is 7.05 Å². The number of hydrogen-bond acceptors (Lipinski definition) is 4. The van der Waals surface area contributed by atoms with E-state index in [2.05, 4.69) is 22.3 Å². The summed E-state index contributed by atoms with van der Waals surface area (Å²) in [5, 5.41) is 9.50. The predicted octanol–water partition coefficient (Wildman–Crippen LogP) is 5.15. The molecule has 5 nitrogen and oxygen atoms in total. The predicted molar refractivity (Wildman–Crippen MR) is 116 cm³/mol. The third-order valence-corrected chi connectivity index (χ3v) is 6.78. The van der Waals surface area contributed by atoms with Gasteiger partial charge in [-0.05, 0) is 30.5 Å². The number of aromatic nitrogens is 3. The fourth-order valence-corrected chi connectivity index (χ4v) is 4.83. The minimum Gasteiger partial charge on any atom is -0.339 e. The monoisotopic (exact) mass is 460 g/mol. The largest absolute Gasteiger partial charge is 0.417 e. The van der Waals surface area contributed by atoms with Crippen molar-refractivity contribution in [3.8, 4) is 0 Å². The number of hydrogen-bond donors (Lipinski definition) is 0. The summed E-state index contributed by atoms with van der Waals surface area (Å²) in [6.45, 7) is 0.768. The van der Waals surface area contributed by atoms with Crippen molar-refractivity contribution >= 4 is 17.7 Å². The molecule has 1 aliphatic heterocycles. The highest BCUT2D eigenvalue weighted by Crippen LogP contribution is 2.34. The molecule has 1 saturated heterocycles. The molecule has 3 aromatic rings. The first-order valence-corrected chi connectivity index (χ1v) is 11.3. The van der Waals surface area contributed by atoms with Crippen LogP contribution in [0.5, 0.6) is 0 Å². The SMILES string of the molecule is Cn1c(SCc2ccccc2)nnc1C1CCN(C(=O)c2ccccc2C(F)(F)F)CC1. The minimum atomic E-state index is -4.56. The summed E-state index contributed by atoms with van der Waals surface area (Å²) in [5.74, 6) is 1.18. The Morgan fingerprint density at radius 2 is 1.69 bits per heavy atom. The Morgan fingerprint density at radius 3 is 2.38 bits per heavy atom. The van der Waals surface area contributed by atoms with Crippen molar-refractivity contribution in [1.29, 1.82) is 0 Å². The Morgan fingerprint density at radius 1 is 1.03 bits per heavy atom. The van der Waals surface area contributed by atoms with Crippen molar-refractivity contribution in [2.75, 3.05) is 13.1 Å². The van der Waals surface area contributed by atoms with Gasteiger partial charge in [0.2, 0.25) is 0 Å². The van der Waals surface area contributed by atoms with Gasteiger partial charge in [-0.25, -0.2) is 0 Å². The van der Waals surface area contributed by atoms with Gasteiger partial charge in [-0.2, -0.15) is 13.2 Å². The lowest BCUT2D eigenvalue weighted by Gasteiger charge is -2.32. The fourth-order valence-electron chi connectivity index (χ4n) is 3.96. The maximum Gasteiger partial charge on any atom is 0.417 e. The third-order valence-electron chi connectivity index (χ3n) is 5.69. The molecule has 2 heterocycles. The number of rotatable bonds is 5. The molecule has 9 heteroatoms. The number of piperidine rings is 1. The second-order valence-electron chi connectivity index (χ2n) is 7.78. The zero-order valence-corrected chi connectivity index (χ0v) is 18.4. The molecule has 1 aromatic heterocycles.